The number of ether oxygens (including phenoxy) is 2. The molecule has 0 aliphatic carbocycles. The van der Waals surface area contributed by atoms with Crippen molar-refractivity contribution in [2.75, 3.05) is 6.61 Å². The van der Waals surface area contributed by atoms with Crippen molar-refractivity contribution >= 4 is 12.4 Å². The first kappa shape index (κ1) is 18.9. The minimum absolute atomic E-state index is 0. The number of aromatic nitrogens is 2. The molecule has 0 aliphatic rings. The summed E-state index contributed by atoms with van der Waals surface area (Å²) >= 11 is 0. The summed E-state index contributed by atoms with van der Waals surface area (Å²) in [5, 5.41) is 0. The molecule has 0 fully saturated rings. The molecule has 2 aromatic carbocycles. The average molecular weight is 359 g/mol. The number of rotatable bonds is 9. The number of halogens is 1. The van der Waals surface area contributed by atoms with Gasteiger partial charge in [0, 0.05) is 18.9 Å². The van der Waals surface area contributed by atoms with Gasteiger partial charge >= 0.3 is 0 Å². The van der Waals surface area contributed by atoms with Crippen LogP contribution in [-0.4, -0.2) is 16.2 Å². The van der Waals surface area contributed by atoms with E-state index in [1.54, 1.807) is 6.20 Å². The van der Waals surface area contributed by atoms with Crippen LogP contribution in [0.5, 0.6) is 11.5 Å². The lowest BCUT2D eigenvalue weighted by molar-refractivity contribution is 0.257. The van der Waals surface area contributed by atoms with E-state index in [1.165, 1.54) is 0 Å². The van der Waals surface area contributed by atoms with Crippen LogP contribution in [0.3, 0.4) is 0 Å². The van der Waals surface area contributed by atoms with Crippen LogP contribution in [-0.2, 0) is 13.2 Å². The SMILES string of the molecule is Cl.c1ccc(COc2ccccc2OCCCCn2ccnc2)cc1. The second kappa shape index (κ2) is 10.4. The van der Waals surface area contributed by atoms with E-state index in [1.807, 2.05) is 55.0 Å². The number of imidazole rings is 1. The molecule has 0 bridgehead atoms. The number of benzene rings is 2. The van der Waals surface area contributed by atoms with Crippen molar-refractivity contribution in [2.45, 2.75) is 26.0 Å². The van der Waals surface area contributed by atoms with Gasteiger partial charge in [-0.3, -0.25) is 0 Å². The normalized spacial score (nSPS) is 10.1. The molecule has 0 saturated carbocycles. The van der Waals surface area contributed by atoms with Gasteiger partial charge in [-0.25, -0.2) is 4.98 Å². The molecule has 1 aromatic heterocycles. The molecule has 3 rings (SSSR count). The Morgan fingerprint density at radius 2 is 1.56 bits per heavy atom. The molecule has 0 saturated heterocycles. The molecule has 0 atom stereocenters. The maximum atomic E-state index is 5.90. The highest BCUT2D eigenvalue weighted by atomic mass is 35.5. The van der Waals surface area contributed by atoms with E-state index in [0.717, 1.165) is 36.4 Å². The number of unbranched alkanes of at least 4 members (excludes halogenated alkanes) is 1. The van der Waals surface area contributed by atoms with Gasteiger partial charge in [-0.2, -0.15) is 0 Å². The molecular weight excluding hydrogens is 336 g/mol. The van der Waals surface area contributed by atoms with Gasteiger partial charge in [-0.05, 0) is 30.5 Å². The van der Waals surface area contributed by atoms with E-state index in [4.69, 9.17) is 9.47 Å². The number of para-hydroxylation sites is 2. The third-order valence-electron chi connectivity index (χ3n) is 3.71. The summed E-state index contributed by atoms with van der Waals surface area (Å²) in [6, 6.07) is 18.0. The van der Waals surface area contributed by atoms with Crippen LogP contribution >= 0.6 is 12.4 Å². The van der Waals surface area contributed by atoms with E-state index >= 15 is 0 Å². The number of aryl methyl sites for hydroxylation is 1. The summed E-state index contributed by atoms with van der Waals surface area (Å²) in [5.74, 6) is 1.59. The second-order valence-corrected chi connectivity index (χ2v) is 5.58. The summed E-state index contributed by atoms with van der Waals surface area (Å²) in [7, 11) is 0. The van der Waals surface area contributed by atoms with Gasteiger partial charge in [0.2, 0.25) is 0 Å². The Bertz CT molecular complexity index is 718. The molecule has 132 valence electrons. The van der Waals surface area contributed by atoms with Gasteiger partial charge in [-0.1, -0.05) is 42.5 Å². The zero-order valence-electron chi connectivity index (χ0n) is 14.1. The van der Waals surface area contributed by atoms with Crippen molar-refractivity contribution in [1.82, 2.24) is 9.55 Å². The van der Waals surface area contributed by atoms with Gasteiger partial charge in [0.15, 0.2) is 11.5 Å². The number of hydrogen-bond donors (Lipinski definition) is 0. The Balaban J connectivity index is 0.00000225. The third kappa shape index (κ3) is 6.16. The molecule has 0 amide bonds. The van der Waals surface area contributed by atoms with E-state index in [-0.39, 0.29) is 12.4 Å². The molecule has 0 unspecified atom stereocenters. The van der Waals surface area contributed by atoms with Crippen LogP contribution in [0.2, 0.25) is 0 Å². The lowest BCUT2D eigenvalue weighted by Gasteiger charge is -2.12. The van der Waals surface area contributed by atoms with Gasteiger partial charge in [-0.15, -0.1) is 12.4 Å². The first-order valence-electron chi connectivity index (χ1n) is 8.26. The molecule has 5 heteroatoms. The highest BCUT2D eigenvalue weighted by Gasteiger charge is 2.04. The molecule has 4 nitrogen and oxygen atoms in total. The number of hydrogen-bond acceptors (Lipinski definition) is 3. The Morgan fingerprint density at radius 1 is 0.840 bits per heavy atom. The monoisotopic (exact) mass is 358 g/mol. The molecule has 0 spiro atoms. The molecule has 0 radical (unpaired) electrons. The van der Waals surface area contributed by atoms with Crippen LogP contribution in [0.4, 0.5) is 0 Å². The molecule has 25 heavy (non-hydrogen) atoms. The van der Waals surface area contributed by atoms with Crippen LogP contribution < -0.4 is 9.47 Å². The quantitative estimate of drug-likeness (QED) is 0.518. The molecule has 3 aromatic rings. The van der Waals surface area contributed by atoms with Crippen LogP contribution in [0.25, 0.3) is 0 Å². The van der Waals surface area contributed by atoms with Crippen LogP contribution in [0.15, 0.2) is 73.3 Å². The first-order chi connectivity index (χ1) is 11.9. The van der Waals surface area contributed by atoms with E-state index in [0.29, 0.717) is 13.2 Å². The predicted molar refractivity (Wildman–Crippen MR) is 101 cm³/mol. The van der Waals surface area contributed by atoms with E-state index in [2.05, 4.69) is 21.7 Å². The number of nitrogens with zero attached hydrogens (tertiary/aromatic N) is 2. The predicted octanol–water partition coefficient (Wildman–Crippen LogP) is 4.74. The van der Waals surface area contributed by atoms with Crippen molar-refractivity contribution in [1.29, 1.82) is 0 Å². The van der Waals surface area contributed by atoms with Crippen molar-refractivity contribution in [3.8, 4) is 11.5 Å². The summed E-state index contributed by atoms with van der Waals surface area (Å²) in [6.07, 6.45) is 7.67. The second-order valence-electron chi connectivity index (χ2n) is 5.58. The Kier molecular flexibility index (Phi) is 7.86. The Labute approximate surface area is 154 Å². The van der Waals surface area contributed by atoms with E-state index < -0.39 is 0 Å². The molecule has 0 N–H and O–H groups in total. The fourth-order valence-corrected chi connectivity index (χ4v) is 2.42. The standard InChI is InChI=1S/C20H22N2O2.ClH/c1-2-8-18(9-3-1)16-24-20-11-5-4-10-19(20)23-15-7-6-13-22-14-12-21-17-22;/h1-5,8-12,14,17H,6-7,13,15-16H2;1H. The lowest BCUT2D eigenvalue weighted by Crippen LogP contribution is -2.03. The fourth-order valence-electron chi connectivity index (χ4n) is 2.42. The maximum absolute atomic E-state index is 5.90. The summed E-state index contributed by atoms with van der Waals surface area (Å²) in [6.45, 7) is 2.19. The molecular formula is C20H23ClN2O2. The van der Waals surface area contributed by atoms with Crippen LogP contribution in [0.1, 0.15) is 18.4 Å². The van der Waals surface area contributed by atoms with Gasteiger partial charge < -0.3 is 14.0 Å². The third-order valence-corrected chi connectivity index (χ3v) is 3.71. The largest absolute Gasteiger partial charge is 0.490 e. The van der Waals surface area contributed by atoms with Gasteiger partial charge in [0.25, 0.3) is 0 Å². The maximum Gasteiger partial charge on any atom is 0.161 e. The van der Waals surface area contributed by atoms with Crippen LogP contribution in [0, 0.1) is 0 Å². The highest BCUT2D eigenvalue weighted by Crippen LogP contribution is 2.27. The Morgan fingerprint density at radius 3 is 2.28 bits per heavy atom. The zero-order chi connectivity index (χ0) is 16.5. The molecule has 1 heterocycles. The summed E-state index contributed by atoms with van der Waals surface area (Å²) < 4.78 is 13.9. The topological polar surface area (TPSA) is 36.3 Å². The summed E-state index contributed by atoms with van der Waals surface area (Å²) in [5.41, 5.74) is 1.15. The van der Waals surface area contributed by atoms with Crippen molar-refractivity contribution in [3.63, 3.8) is 0 Å². The zero-order valence-corrected chi connectivity index (χ0v) is 14.9. The minimum Gasteiger partial charge on any atom is -0.490 e. The smallest absolute Gasteiger partial charge is 0.161 e. The fraction of sp³-hybridized carbons (Fsp3) is 0.250. The van der Waals surface area contributed by atoms with Gasteiger partial charge in [0.1, 0.15) is 6.61 Å². The average Bonchev–Trinajstić information content (AvgIpc) is 3.15. The van der Waals surface area contributed by atoms with Gasteiger partial charge in [0.05, 0.1) is 12.9 Å². The van der Waals surface area contributed by atoms with Crippen molar-refractivity contribution < 1.29 is 9.47 Å². The Hall–Kier alpha value is -2.46. The van der Waals surface area contributed by atoms with E-state index in [9.17, 15) is 0 Å². The molecule has 0 aliphatic heterocycles. The van der Waals surface area contributed by atoms with Crippen molar-refractivity contribution in [3.05, 3.63) is 78.9 Å². The first-order valence-corrected chi connectivity index (χ1v) is 8.26. The minimum atomic E-state index is 0. The van der Waals surface area contributed by atoms with Crippen molar-refractivity contribution in [2.24, 2.45) is 0 Å². The highest BCUT2D eigenvalue weighted by molar-refractivity contribution is 5.85. The lowest BCUT2D eigenvalue weighted by atomic mass is 10.2. The summed E-state index contributed by atoms with van der Waals surface area (Å²) in [4.78, 5) is 4.04.